The van der Waals surface area contributed by atoms with E-state index in [-0.39, 0.29) is 10.6 Å². The molecule has 1 unspecified atom stereocenters. The first kappa shape index (κ1) is 18.6. The van der Waals surface area contributed by atoms with Crippen LogP contribution in [0.5, 0.6) is 0 Å². The minimum absolute atomic E-state index is 0.0217. The summed E-state index contributed by atoms with van der Waals surface area (Å²) in [6, 6.07) is 11.6. The molecule has 2 aromatic carbocycles. The van der Waals surface area contributed by atoms with E-state index in [0.29, 0.717) is 5.56 Å². The Morgan fingerprint density at radius 2 is 1.64 bits per heavy atom. The molecule has 0 spiro atoms. The lowest BCUT2D eigenvalue weighted by Gasteiger charge is -2.22. The largest absolute Gasteiger partial charge is 0.347 e. The molecule has 1 atom stereocenters. The third-order valence-electron chi connectivity index (χ3n) is 3.45. The molecule has 132 valence electrons. The fraction of sp³-hybridized carbons (Fsp3) is 0.188. The van der Waals surface area contributed by atoms with Gasteiger partial charge in [-0.05, 0) is 17.7 Å². The number of nitro benzene ring substituents is 1. The number of benzene rings is 2. The molecule has 0 radical (unpaired) electrons. The Kier molecular flexibility index (Phi) is 5.50. The molecule has 9 heteroatoms. The van der Waals surface area contributed by atoms with E-state index in [1.165, 1.54) is 55.4 Å². The van der Waals surface area contributed by atoms with Crippen molar-refractivity contribution in [3.8, 4) is 0 Å². The zero-order chi connectivity index (χ0) is 18.6. The van der Waals surface area contributed by atoms with Gasteiger partial charge in [-0.3, -0.25) is 14.9 Å². The van der Waals surface area contributed by atoms with Gasteiger partial charge in [-0.25, -0.2) is 8.42 Å². The lowest BCUT2D eigenvalue weighted by molar-refractivity contribution is -0.384. The summed E-state index contributed by atoms with van der Waals surface area (Å²) in [5.41, 5.74) is 0.162. The molecule has 0 aliphatic carbocycles. The fourth-order valence-electron chi connectivity index (χ4n) is 2.13. The zero-order valence-corrected chi connectivity index (χ0v) is 14.4. The summed E-state index contributed by atoms with van der Waals surface area (Å²) in [6.07, 6.45) is 0. The van der Waals surface area contributed by atoms with Crippen LogP contribution in [0.4, 0.5) is 5.69 Å². The van der Waals surface area contributed by atoms with Crippen LogP contribution >= 0.6 is 0 Å². The second-order valence-electron chi connectivity index (χ2n) is 5.45. The monoisotopic (exact) mass is 363 g/mol. The molecule has 0 fully saturated rings. The number of carbonyl (C=O) groups is 1. The van der Waals surface area contributed by atoms with E-state index in [2.05, 4.69) is 4.72 Å². The van der Waals surface area contributed by atoms with E-state index < -0.39 is 26.9 Å². The highest BCUT2D eigenvalue weighted by atomic mass is 32.2. The molecule has 0 aliphatic heterocycles. The van der Waals surface area contributed by atoms with E-state index >= 15 is 0 Å². The molecule has 0 aliphatic rings. The molecule has 2 rings (SSSR count). The van der Waals surface area contributed by atoms with Crippen molar-refractivity contribution in [2.24, 2.45) is 0 Å². The first-order valence-electron chi connectivity index (χ1n) is 7.25. The molecule has 0 saturated heterocycles. The lowest BCUT2D eigenvalue weighted by Crippen LogP contribution is -2.39. The Labute approximate surface area is 145 Å². The van der Waals surface area contributed by atoms with Crippen molar-refractivity contribution in [1.82, 2.24) is 9.62 Å². The third kappa shape index (κ3) is 4.40. The molecule has 0 heterocycles. The summed E-state index contributed by atoms with van der Waals surface area (Å²) < 4.78 is 27.4. The van der Waals surface area contributed by atoms with Gasteiger partial charge in [-0.15, -0.1) is 0 Å². The second kappa shape index (κ2) is 7.41. The molecular weight excluding hydrogens is 346 g/mol. The molecule has 0 bridgehead atoms. The van der Waals surface area contributed by atoms with Crippen molar-refractivity contribution < 1.29 is 18.1 Å². The predicted molar refractivity (Wildman–Crippen MR) is 91.3 cm³/mol. The van der Waals surface area contributed by atoms with Crippen LogP contribution in [0.2, 0.25) is 0 Å². The maximum absolute atomic E-state index is 12.5. The number of rotatable bonds is 6. The lowest BCUT2D eigenvalue weighted by atomic mass is 10.1. The van der Waals surface area contributed by atoms with Crippen LogP contribution in [0, 0.1) is 10.1 Å². The molecule has 1 N–H and O–H groups in total. The van der Waals surface area contributed by atoms with Gasteiger partial charge in [0.25, 0.3) is 5.69 Å². The molecule has 25 heavy (non-hydrogen) atoms. The van der Waals surface area contributed by atoms with Crippen molar-refractivity contribution in [2.75, 3.05) is 14.1 Å². The van der Waals surface area contributed by atoms with Crippen molar-refractivity contribution in [2.45, 2.75) is 10.9 Å². The number of nitro groups is 1. The predicted octanol–water partition coefficient (Wildman–Crippen LogP) is 1.70. The van der Waals surface area contributed by atoms with Gasteiger partial charge >= 0.3 is 0 Å². The fourth-order valence-corrected chi connectivity index (χ4v) is 3.33. The van der Waals surface area contributed by atoms with Crippen LogP contribution < -0.4 is 4.72 Å². The molecule has 8 nitrogen and oxygen atoms in total. The van der Waals surface area contributed by atoms with Crippen molar-refractivity contribution in [3.63, 3.8) is 0 Å². The third-order valence-corrected chi connectivity index (χ3v) is 4.89. The van der Waals surface area contributed by atoms with Gasteiger partial charge in [0.2, 0.25) is 15.9 Å². The Balaban J connectivity index is 2.40. The summed E-state index contributed by atoms with van der Waals surface area (Å²) in [6.45, 7) is 0. The summed E-state index contributed by atoms with van der Waals surface area (Å²) in [5, 5.41) is 10.8. The van der Waals surface area contributed by atoms with E-state index in [0.717, 1.165) is 0 Å². The number of nitrogens with zero attached hydrogens (tertiary/aromatic N) is 2. The van der Waals surface area contributed by atoms with Crippen LogP contribution in [0.25, 0.3) is 0 Å². The number of likely N-dealkylation sites (N-methyl/N-ethyl adjacent to an activating group) is 1. The minimum atomic E-state index is -3.94. The van der Waals surface area contributed by atoms with Gasteiger partial charge in [0.15, 0.2) is 0 Å². The van der Waals surface area contributed by atoms with E-state index in [9.17, 15) is 23.3 Å². The number of hydrogen-bond donors (Lipinski definition) is 1. The topological polar surface area (TPSA) is 110 Å². The maximum Gasteiger partial charge on any atom is 0.269 e. The first-order valence-corrected chi connectivity index (χ1v) is 8.73. The highest BCUT2D eigenvalue weighted by Crippen LogP contribution is 2.22. The molecule has 1 amide bonds. The average molecular weight is 363 g/mol. The Morgan fingerprint density at radius 1 is 1.08 bits per heavy atom. The van der Waals surface area contributed by atoms with Crippen molar-refractivity contribution in [1.29, 1.82) is 0 Å². The van der Waals surface area contributed by atoms with Crippen LogP contribution in [0.15, 0.2) is 59.5 Å². The van der Waals surface area contributed by atoms with E-state index in [4.69, 9.17) is 0 Å². The van der Waals surface area contributed by atoms with Gasteiger partial charge < -0.3 is 4.90 Å². The van der Waals surface area contributed by atoms with Gasteiger partial charge in [-0.2, -0.15) is 4.72 Å². The minimum Gasteiger partial charge on any atom is -0.347 e. The number of amides is 1. The van der Waals surface area contributed by atoms with Crippen LogP contribution in [-0.4, -0.2) is 38.2 Å². The smallest absolute Gasteiger partial charge is 0.269 e. The number of carbonyl (C=O) groups excluding carboxylic acids is 1. The Bertz CT molecular complexity index is 864. The van der Waals surface area contributed by atoms with Crippen LogP contribution in [-0.2, 0) is 14.8 Å². The van der Waals surface area contributed by atoms with Crippen molar-refractivity contribution >= 4 is 21.6 Å². The summed E-state index contributed by atoms with van der Waals surface area (Å²) in [5.74, 6) is -0.492. The van der Waals surface area contributed by atoms with Crippen molar-refractivity contribution in [3.05, 3.63) is 70.3 Å². The maximum atomic E-state index is 12.5. The normalized spacial score (nSPS) is 12.4. The molecular formula is C16H17N3O5S. The Morgan fingerprint density at radius 3 is 2.12 bits per heavy atom. The SMILES string of the molecule is CN(C)C(=O)C(NS(=O)(=O)c1ccccc1)c1ccc([N+](=O)[O-])cc1. The summed E-state index contributed by atoms with van der Waals surface area (Å²) in [4.78, 5) is 23.9. The van der Waals surface area contributed by atoms with Crippen LogP contribution in [0.3, 0.4) is 0 Å². The van der Waals surface area contributed by atoms with E-state index in [1.54, 1.807) is 18.2 Å². The summed E-state index contributed by atoms with van der Waals surface area (Å²) >= 11 is 0. The van der Waals surface area contributed by atoms with Gasteiger partial charge in [0, 0.05) is 26.2 Å². The number of hydrogen-bond acceptors (Lipinski definition) is 5. The highest BCUT2D eigenvalue weighted by molar-refractivity contribution is 7.89. The van der Waals surface area contributed by atoms with Gasteiger partial charge in [-0.1, -0.05) is 30.3 Å². The van der Waals surface area contributed by atoms with Gasteiger partial charge in [0.1, 0.15) is 6.04 Å². The van der Waals surface area contributed by atoms with E-state index in [1.807, 2.05) is 0 Å². The average Bonchev–Trinajstić information content (AvgIpc) is 2.60. The Hall–Kier alpha value is -2.78. The van der Waals surface area contributed by atoms with Gasteiger partial charge in [0.05, 0.1) is 9.82 Å². The second-order valence-corrected chi connectivity index (χ2v) is 7.16. The standard InChI is InChI=1S/C16H17N3O5S/c1-18(2)16(20)15(12-8-10-13(11-9-12)19(21)22)17-25(23,24)14-6-4-3-5-7-14/h3-11,15,17H,1-2H3. The number of non-ortho nitro benzene ring substituents is 1. The molecule has 0 saturated carbocycles. The first-order chi connectivity index (χ1) is 11.7. The summed E-state index contributed by atoms with van der Waals surface area (Å²) in [7, 11) is -0.949. The molecule has 2 aromatic rings. The highest BCUT2D eigenvalue weighted by Gasteiger charge is 2.28. The quantitative estimate of drug-likeness (QED) is 0.620. The number of nitrogens with one attached hydrogen (secondary N) is 1. The zero-order valence-electron chi connectivity index (χ0n) is 13.6. The number of sulfonamides is 1. The molecule has 0 aromatic heterocycles. The van der Waals surface area contributed by atoms with Crippen LogP contribution in [0.1, 0.15) is 11.6 Å².